The van der Waals surface area contributed by atoms with Gasteiger partial charge < -0.3 is 14.7 Å². The second-order valence-corrected chi connectivity index (χ2v) is 12.9. The lowest BCUT2D eigenvalue weighted by Gasteiger charge is -2.46. The van der Waals surface area contributed by atoms with Crippen LogP contribution in [-0.4, -0.2) is 87.4 Å². The maximum absolute atomic E-state index is 13.3. The highest BCUT2D eigenvalue weighted by Crippen LogP contribution is 2.52. The molecule has 3 heterocycles. The smallest absolute Gasteiger partial charge is 0.356 e. The Morgan fingerprint density at radius 1 is 1.26 bits per heavy atom. The van der Waals surface area contributed by atoms with Gasteiger partial charge in [-0.05, 0) is 24.6 Å². The number of benzene rings is 1. The van der Waals surface area contributed by atoms with Gasteiger partial charge in [0, 0.05) is 54.4 Å². The second kappa shape index (κ2) is 10.9. The average Bonchev–Trinajstić information content (AvgIpc) is 3.07. The standard InChI is InChI=1S/C24H32N4O8S2/c1-5-25(6-2)38(34,35)26-11-18(12-26)37-22-14(3)20-19(15(4)29)23(30)27(20)21(22)24(31)36-13-16-7-9-17(10-8-16)28(32)33/h7-10,14-15,18-20,29H,5-6,11-13H2,1-4H3/t14-,15-,19-,20-/m1/s1. The van der Waals surface area contributed by atoms with Gasteiger partial charge in [-0.25, -0.2) is 4.79 Å². The summed E-state index contributed by atoms with van der Waals surface area (Å²) in [5, 5.41) is 20.9. The van der Waals surface area contributed by atoms with Crippen molar-refractivity contribution in [3.05, 3.63) is 50.5 Å². The van der Waals surface area contributed by atoms with Crippen LogP contribution in [0, 0.1) is 22.0 Å². The molecule has 3 aliphatic heterocycles. The van der Waals surface area contributed by atoms with Crippen molar-refractivity contribution in [3.8, 4) is 0 Å². The summed E-state index contributed by atoms with van der Waals surface area (Å²) in [6.45, 7) is 8.18. The topological polar surface area (TPSA) is 151 Å². The molecule has 3 aliphatic rings. The predicted molar refractivity (Wildman–Crippen MR) is 140 cm³/mol. The number of non-ortho nitro benzene ring substituents is 1. The molecule has 0 saturated carbocycles. The van der Waals surface area contributed by atoms with E-state index in [0.717, 1.165) is 0 Å². The summed E-state index contributed by atoms with van der Waals surface area (Å²) in [5.41, 5.74) is 0.595. The van der Waals surface area contributed by atoms with Gasteiger partial charge in [-0.2, -0.15) is 17.0 Å². The molecule has 0 aromatic heterocycles. The third kappa shape index (κ3) is 4.95. The first-order chi connectivity index (χ1) is 17.9. The van der Waals surface area contributed by atoms with Gasteiger partial charge in [-0.1, -0.05) is 20.8 Å². The molecule has 2 saturated heterocycles. The van der Waals surface area contributed by atoms with Gasteiger partial charge in [0.05, 0.1) is 23.0 Å². The van der Waals surface area contributed by atoms with Crippen molar-refractivity contribution in [1.29, 1.82) is 0 Å². The monoisotopic (exact) mass is 568 g/mol. The van der Waals surface area contributed by atoms with E-state index < -0.39 is 33.1 Å². The maximum Gasteiger partial charge on any atom is 0.356 e. The number of rotatable bonds is 11. The highest BCUT2D eigenvalue weighted by atomic mass is 32.2. The number of hydrogen-bond donors (Lipinski definition) is 1. The fraction of sp³-hybridized carbons (Fsp3) is 0.583. The zero-order valence-corrected chi connectivity index (χ0v) is 23.3. The van der Waals surface area contributed by atoms with Gasteiger partial charge >= 0.3 is 5.97 Å². The first-order valence-corrected chi connectivity index (χ1v) is 14.8. The third-order valence-electron chi connectivity index (χ3n) is 7.29. The van der Waals surface area contributed by atoms with Crippen LogP contribution in [-0.2, 0) is 31.1 Å². The first-order valence-electron chi connectivity index (χ1n) is 12.5. The summed E-state index contributed by atoms with van der Waals surface area (Å²) < 4.78 is 33.9. The van der Waals surface area contributed by atoms with Crippen LogP contribution < -0.4 is 0 Å². The Balaban J connectivity index is 1.51. The largest absolute Gasteiger partial charge is 0.456 e. The lowest BCUT2D eigenvalue weighted by Crippen LogP contribution is -2.63. The minimum absolute atomic E-state index is 0.0816. The van der Waals surface area contributed by atoms with Gasteiger partial charge in [0.15, 0.2) is 0 Å². The van der Waals surface area contributed by atoms with Crippen LogP contribution in [0.1, 0.15) is 33.3 Å². The molecule has 1 amide bonds. The quantitative estimate of drug-likeness (QED) is 0.182. The molecular formula is C24H32N4O8S2. The molecule has 2 fully saturated rings. The average molecular weight is 569 g/mol. The van der Waals surface area contributed by atoms with Crippen molar-refractivity contribution in [2.75, 3.05) is 26.2 Å². The van der Waals surface area contributed by atoms with Crippen molar-refractivity contribution in [2.24, 2.45) is 11.8 Å². The van der Waals surface area contributed by atoms with Crippen LogP contribution >= 0.6 is 11.8 Å². The van der Waals surface area contributed by atoms with Crippen LogP contribution in [0.4, 0.5) is 5.69 Å². The highest BCUT2D eigenvalue weighted by Gasteiger charge is 2.60. The normalized spacial score (nSPS) is 24.7. The molecule has 208 valence electrons. The van der Waals surface area contributed by atoms with E-state index in [1.807, 2.05) is 6.92 Å². The van der Waals surface area contributed by atoms with Crippen molar-refractivity contribution < 1.29 is 32.8 Å². The van der Waals surface area contributed by atoms with Crippen LogP contribution in [0.2, 0.25) is 0 Å². The molecule has 12 nitrogen and oxygen atoms in total. The Bertz CT molecular complexity index is 1240. The fourth-order valence-electron chi connectivity index (χ4n) is 5.16. The molecule has 0 unspecified atom stereocenters. The molecule has 4 atom stereocenters. The Morgan fingerprint density at radius 2 is 1.87 bits per heavy atom. The number of aliphatic hydroxyl groups is 1. The Labute approximate surface area is 225 Å². The van der Waals surface area contributed by atoms with Crippen LogP contribution in [0.25, 0.3) is 0 Å². The number of β-lactam (4-membered cyclic amide) rings is 1. The Hall–Kier alpha value is -2.52. The van der Waals surface area contributed by atoms with E-state index >= 15 is 0 Å². The highest BCUT2D eigenvalue weighted by molar-refractivity contribution is 8.04. The number of thioether (sulfide) groups is 1. The number of nitro groups is 1. The SMILES string of the molecule is CCN(CC)S(=O)(=O)N1CC(SC2=C(C(=O)OCc3ccc([N+](=O)[O-])cc3)N3C(=O)[C@H]([C@@H](C)O)[C@H]3[C@H]2C)C1. The van der Waals surface area contributed by atoms with Gasteiger partial charge in [-0.3, -0.25) is 14.9 Å². The van der Waals surface area contributed by atoms with E-state index in [0.29, 0.717) is 23.6 Å². The minimum atomic E-state index is -3.55. The summed E-state index contributed by atoms with van der Waals surface area (Å²) in [4.78, 5) is 38.6. The lowest BCUT2D eigenvalue weighted by molar-refractivity contribution is -0.384. The number of esters is 1. The zero-order valence-electron chi connectivity index (χ0n) is 21.6. The molecule has 38 heavy (non-hydrogen) atoms. The summed E-state index contributed by atoms with van der Waals surface area (Å²) >= 11 is 1.38. The Kier molecular flexibility index (Phi) is 8.19. The minimum Gasteiger partial charge on any atom is -0.456 e. The molecule has 0 aliphatic carbocycles. The molecule has 14 heteroatoms. The fourth-order valence-corrected chi connectivity index (χ4v) is 8.58. The number of fused-ring (bicyclic) bond motifs is 1. The van der Waals surface area contributed by atoms with Crippen molar-refractivity contribution in [1.82, 2.24) is 13.5 Å². The van der Waals surface area contributed by atoms with Gasteiger partial charge in [0.25, 0.3) is 15.9 Å². The number of nitrogens with zero attached hydrogens (tertiary/aromatic N) is 4. The second-order valence-electron chi connectivity index (χ2n) is 9.62. The number of nitro benzene ring substituents is 1. The van der Waals surface area contributed by atoms with Crippen LogP contribution in [0.15, 0.2) is 34.9 Å². The molecule has 4 rings (SSSR count). The molecule has 1 aromatic carbocycles. The summed E-state index contributed by atoms with van der Waals surface area (Å²) in [6, 6.07) is 5.23. The zero-order chi connectivity index (χ0) is 27.9. The molecule has 1 N–H and O–H groups in total. The van der Waals surface area contributed by atoms with Crippen LogP contribution in [0.5, 0.6) is 0 Å². The third-order valence-corrected chi connectivity index (χ3v) is 10.9. The van der Waals surface area contributed by atoms with Crippen molar-refractivity contribution in [3.63, 3.8) is 0 Å². The van der Waals surface area contributed by atoms with Gasteiger partial charge in [-0.15, -0.1) is 11.8 Å². The van der Waals surface area contributed by atoms with Crippen LogP contribution in [0.3, 0.4) is 0 Å². The van der Waals surface area contributed by atoms with E-state index in [1.54, 1.807) is 20.8 Å². The van der Waals surface area contributed by atoms with Gasteiger partial charge in [0.2, 0.25) is 5.91 Å². The number of aliphatic hydroxyl groups excluding tert-OH is 1. The maximum atomic E-state index is 13.3. The number of carbonyl (C=O) groups is 2. The van der Waals surface area contributed by atoms with Crippen molar-refractivity contribution in [2.45, 2.75) is 51.7 Å². The molecule has 0 radical (unpaired) electrons. The first kappa shape index (κ1) is 28.5. The number of hydrogen-bond acceptors (Lipinski definition) is 9. The van der Waals surface area contributed by atoms with E-state index in [4.69, 9.17) is 4.74 Å². The van der Waals surface area contributed by atoms with E-state index in [2.05, 4.69) is 0 Å². The van der Waals surface area contributed by atoms with E-state index in [1.165, 1.54) is 49.5 Å². The summed E-state index contributed by atoms with van der Waals surface area (Å²) in [7, 11) is -3.55. The van der Waals surface area contributed by atoms with Crippen molar-refractivity contribution >= 4 is 39.5 Å². The number of amides is 1. The van der Waals surface area contributed by atoms with E-state index in [-0.39, 0.29) is 54.2 Å². The molecule has 1 aromatic rings. The molecule has 0 bridgehead atoms. The summed E-state index contributed by atoms with van der Waals surface area (Å²) in [6.07, 6.45) is -0.883. The van der Waals surface area contributed by atoms with Gasteiger partial charge in [0.1, 0.15) is 12.3 Å². The number of ether oxygens (including phenoxy) is 1. The molecular weight excluding hydrogens is 536 g/mol. The summed E-state index contributed by atoms with van der Waals surface area (Å²) in [5.74, 6) is -1.94. The van der Waals surface area contributed by atoms with E-state index in [9.17, 15) is 33.2 Å². The predicted octanol–water partition coefficient (Wildman–Crippen LogP) is 1.71. The molecule has 0 spiro atoms. The Morgan fingerprint density at radius 3 is 2.39 bits per heavy atom. The lowest BCUT2D eigenvalue weighted by atomic mass is 9.79. The number of carbonyl (C=O) groups excluding carboxylic acids is 2.